The van der Waals surface area contributed by atoms with Crippen molar-refractivity contribution in [3.05, 3.63) is 45.8 Å². The first-order valence-corrected chi connectivity index (χ1v) is 11.7. The van der Waals surface area contributed by atoms with E-state index in [0.29, 0.717) is 12.1 Å². The van der Waals surface area contributed by atoms with E-state index in [1.807, 2.05) is 6.92 Å². The van der Waals surface area contributed by atoms with E-state index >= 15 is 0 Å². The molecule has 3 N–H and O–H groups in total. The summed E-state index contributed by atoms with van der Waals surface area (Å²) in [6.07, 6.45) is 1.61. The van der Waals surface area contributed by atoms with Crippen molar-refractivity contribution in [3.8, 4) is 0 Å². The van der Waals surface area contributed by atoms with E-state index in [9.17, 15) is 22.8 Å². The van der Waals surface area contributed by atoms with Crippen LogP contribution in [0.2, 0.25) is 0 Å². The minimum absolute atomic E-state index is 0.0236. The lowest BCUT2D eigenvalue weighted by Crippen LogP contribution is -2.28. The van der Waals surface area contributed by atoms with Gasteiger partial charge in [-0.05, 0) is 43.2 Å². The number of methoxy groups -OCH3 is 1. The van der Waals surface area contributed by atoms with Gasteiger partial charge in [0.25, 0.3) is 11.8 Å². The maximum Gasteiger partial charge on any atom is 0.348 e. The smallest absolute Gasteiger partial charge is 0.348 e. The molecule has 168 valence electrons. The lowest BCUT2D eigenvalue weighted by Gasteiger charge is -2.17. The molecule has 0 aliphatic carbocycles. The molecule has 0 fully saturated rings. The predicted octanol–water partition coefficient (Wildman–Crippen LogP) is 2.61. The van der Waals surface area contributed by atoms with Gasteiger partial charge in [-0.3, -0.25) is 9.59 Å². The van der Waals surface area contributed by atoms with Crippen molar-refractivity contribution < 1.29 is 27.5 Å². The lowest BCUT2D eigenvalue weighted by atomic mass is 10.1. The van der Waals surface area contributed by atoms with Gasteiger partial charge in [0.15, 0.2) is 0 Å². The number of carbonyl (C=O) groups is 3. The first-order valence-electron chi connectivity index (χ1n) is 9.43. The zero-order valence-corrected chi connectivity index (χ0v) is 19.4. The Morgan fingerprint density at radius 3 is 2.32 bits per heavy atom. The highest BCUT2D eigenvalue weighted by atomic mass is 32.2. The molecule has 0 atom stereocenters. The fourth-order valence-corrected chi connectivity index (χ4v) is 5.15. The van der Waals surface area contributed by atoms with Crippen molar-refractivity contribution in [3.63, 3.8) is 0 Å². The Balaban J connectivity index is 2.28. The molecule has 0 spiro atoms. The Kier molecular flexibility index (Phi) is 7.93. The van der Waals surface area contributed by atoms with Gasteiger partial charge in [0.2, 0.25) is 10.0 Å². The molecule has 0 radical (unpaired) electrons. The first-order chi connectivity index (χ1) is 14.5. The van der Waals surface area contributed by atoms with Crippen LogP contribution in [0, 0.1) is 6.92 Å². The van der Waals surface area contributed by atoms with E-state index in [1.165, 1.54) is 49.7 Å². The highest BCUT2D eigenvalue weighted by Crippen LogP contribution is 2.33. The second-order valence-corrected chi connectivity index (χ2v) is 9.84. The SMILES string of the molecule is CCCCN(C)S(=O)(=O)c1ccc(C(=O)Nc2sc(C(=O)OC)c(C)c2C(N)=O)cc1. The summed E-state index contributed by atoms with van der Waals surface area (Å²) in [4.78, 5) is 36.6. The molecule has 0 aliphatic rings. The van der Waals surface area contributed by atoms with Gasteiger partial charge >= 0.3 is 5.97 Å². The molecule has 0 aliphatic heterocycles. The third kappa shape index (κ3) is 5.30. The van der Waals surface area contributed by atoms with Crippen LogP contribution in [-0.4, -0.2) is 51.2 Å². The number of esters is 1. The number of nitrogens with two attached hydrogens (primary N) is 1. The molecule has 1 heterocycles. The number of nitrogens with zero attached hydrogens (tertiary/aromatic N) is 1. The van der Waals surface area contributed by atoms with E-state index < -0.39 is 27.8 Å². The van der Waals surface area contributed by atoms with Gasteiger partial charge in [-0.1, -0.05) is 13.3 Å². The molecule has 0 bridgehead atoms. The number of primary amides is 1. The molecule has 31 heavy (non-hydrogen) atoms. The number of benzene rings is 1. The molecule has 1 aromatic carbocycles. The zero-order valence-electron chi connectivity index (χ0n) is 17.7. The van der Waals surface area contributed by atoms with E-state index in [4.69, 9.17) is 5.73 Å². The van der Waals surface area contributed by atoms with Crippen molar-refractivity contribution in [1.29, 1.82) is 0 Å². The van der Waals surface area contributed by atoms with Gasteiger partial charge in [-0.15, -0.1) is 11.3 Å². The van der Waals surface area contributed by atoms with E-state index in [2.05, 4.69) is 10.1 Å². The number of rotatable bonds is 9. The first kappa shape index (κ1) is 24.5. The van der Waals surface area contributed by atoms with Crippen LogP contribution in [0.3, 0.4) is 0 Å². The Hall–Kier alpha value is -2.76. The van der Waals surface area contributed by atoms with Crippen molar-refractivity contribution in [2.45, 2.75) is 31.6 Å². The number of thiophene rings is 1. The second-order valence-electron chi connectivity index (χ2n) is 6.77. The average Bonchev–Trinajstić information content (AvgIpc) is 3.07. The lowest BCUT2D eigenvalue weighted by molar-refractivity contribution is 0.0605. The largest absolute Gasteiger partial charge is 0.465 e. The fourth-order valence-electron chi connectivity index (χ4n) is 2.82. The highest BCUT2D eigenvalue weighted by Gasteiger charge is 2.25. The number of hydrogen-bond donors (Lipinski definition) is 2. The zero-order chi connectivity index (χ0) is 23.3. The van der Waals surface area contributed by atoms with Crippen LogP contribution in [0.25, 0.3) is 0 Å². The van der Waals surface area contributed by atoms with Crippen LogP contribution < -0.4 is 11.1 Å². The van der Waals surface area contributed by atoms with Crippen LogP contribution >= 0.6 is 11.3 Å². The molecular weight excluding hydrogens is 442 g/mol. The monoisotopic (exact) mass is 467 g/mol. The number of amides is 2. The average molecular weight is 468 g/mol. The molecule has 1 aromatic heterocycles. The maximum absolute atomic E-state index is 12.7. The molecule has 0 saturated heterocycles. The Labute approximate surface area is 185 Å². The van der Waals surface area contributed by atoms with Crippen LogP contribution in [0.5, 0.6) is 0 Å². The molecule has 9 nitrogen and oxygen atoms in total. The van der Waals surface area contributed by atoms with Gasteiger partial charge in [-0.25, -0.2) is 17.5 Å². The normalized spacial score (nSPS) is 11.4. The third-order valence-electron chi connectivity index (χ3n) is 4.64. The molecular formula is C20H25N3O6S2. The molecule has 2 rings (SSSR count). The van der Waals surface area contributed by atoms with Crippen LogP contribution in [0.4, 0.5) is 5.00 Å². The molecule has 0 unspecified atom stereocenters. The van der Waals surface area contributed by atoms with Gasteiger partial charge in [-0.2, -0.15) is 0 Å². The minimum Gasteiger partial charge on any atom is -0.465 e. The van der Waals surface area contributed by atoms with Crippen LogP contribution in [-0.2, 0) is 14.8 Å². The summed E-state index contributed by atoms with van der Waals surface area (Å²) in [7, 11) is -0.938. The standard InChI is InChI=1S/C20H25N3O6S2/c1-5-6-11-23(3)31(27,28)14-9-7-13(8-10-14)18(25)22-19-15(17(21)24)12(2)16(30-19)20(26)29-4/h7-10H,5-6,11H2,1-4H3,(H2,21,24)(H,22,25). The molecule has 11 heteroatoms. The summed E-state index contributed by atoms with van der Waals surface area (Å²) in [5.74, 6) is -2.02. The summed E-state index contributed by atoms with van der Waals surface area (Å²) in [6.45, 7) is 3.91. The predicted molar refractivity (Wildman–Crippen MR) is 118 cm³/mol. The number of unbranched alkanes of at least 4 members (excludes halogenated alkanes) is 1. The third-order valence-corrected chi connectivity index (χ3v) is 7.70. The van der Waals surface area contributed by atoms with Gasteiger partial charge in [0, 0.05) is 19.2 Å². The summed E-state index contributed by atoms with van der Waals surface area (Å²) < 4.78 is 31.1. The number of hydrogen-bond acceptors (Lipinski definition) is 7. The van der Waals surface area contributed by atoms with Gasteiger partial charge < -0.3 is 15.8 Å². The number of sulfonamides is 1. The summed E-state index contributed by atoms with van der Waals surface area (Å²) >= 11 is 0.879. The topological polar surface area (TPSA) is 136 Å². The summed E-state index contributed by atoms with van der Waals surface area (Å²) in [6, 6.07) is 5.45. The van der Waals surface area contributed by atoms with Crippen molar-refractivity contribution in [1.82, 2.24) is 4.31 Å². The second kappa shape index (κ2) is 10.0. The van der Waals surface area contributed by atoms with Gasteiger partial charge in [0.05, 0.1) is 17.6 Å². The number of ether oxygens (including phenoxy) is 1. The number of carbonyl (C=O) groups excluding carboxylic acids is 3. The van der Waals surface area contributed by atoms with E-state index in [1.54, 1.807) is 0 Å². The van der Waals surface area contributed by atoms with Crippen LogP contribution in [0.15, 0.2) is 29.2 Å². The fraction of sp³-hybridized carbons (Fsp3) is 0.350. The number of anilines is 1. The van der Waals surface area contributed by atoms with E-state index in [-0.39, 0.29) is 25.9 Å². The summed E-state index contributed by atoms with van der Waals surface area (Å²) in [5.41, 5.74) is 5.93. The maximum atomic E-state index is 12.7. The van der Waals surface area contributed by atoms with Crippen LogP contribution in [0.1, 0.15) is 55.7 Å². The Morgan fingerprint density at radius 2 is 1.81 bits per heavy atom. The quantitative estimate of drug-likeness (QED) is 0.544. The van der Waals surface area contributed by atoms with Crippen molar-refractivity contribution >= 4 is 44.1 Å². The molecule has 0 saturated carbocycles. The van der Waals surface area contributed by atoms with Gasteiger partial charge in [0.1, 0.15) is 9.88 Å². The minimum atomic E-state index is -3.65. The van der Waals surface area contributed by atoms with Crippen molar-refractivity contribution in [2.75, 3.05) is 26.0 Å². The molecule has 2 aromatic rings. The number of nitrogens with one attached hydrogen (secondary N) is 1. The Bertz CT molecular complexity index is 1090. The summed E-state index contributed by atoms with van der Waals surface area (Å²) in [5, 5.41) is 2.69. The van der Waals surface area contributed by atoms with Crippen molar-refractivity contribution in [2.24, 2.45) is 5.73 Å². The highest BCUT2D eigenvalue weighted by molar-refractivity contribution is 7.89. The van der Waals surface area contributed by atoms with E-state index in [0.717, 1.165) is 24.2 Å². The Morgan fingerprint density at radius 1 is 1.19 bits per heavy atom. The molecule has 2 amide bonds.